The van der Waals surface area contributed by atoms with Gasteiger partial charge in [-0.3, -0.25) is 10.1 Å². The molecule has 2 aromatic rings. The lowest BCUT2D eigenvalue weighted by Gasteiger charge is -2.09. The largest absolute Gasteiger partial charge is 0.478 e. The molecular weight excluding hydrogens is 303 g/mol. The van der Waals surface area contributed by atoms with E-state index in [2.05, 4.69) is 0 Å². The smallest absolute Gasteiger partial charge is 0.416 e. The van der Waals surface area contributed by atoms with Gasteiger partial charge >= 0.3 is 12.1 Å². The fourth-order valence-electron chi connectivity index (χ4n) is 1.91. The van der Waals surface area contributed by atoms with E-state index in [1.807, 2.05) is 0 Å². The summed E-state index contributed by atoms with van der Waals surface area (Å²) in [6, 6.07) is 7.05. The number of hydrogen-bond donors (Lipinski definition) is 1. The summed E-state index contributed by atoms with van der Waals surface area (Å²) in [5.41, 5.74) is -1.30. The van der Waals surface area contributed by atoms with Gasteiger partial charge in [0.15, 0.2) is 0 Å². The highest BCUT2D eigenvalue weighted by Gasteiger charge is 2.30. The van der Waals surface area contributed by atoms with E-state index in [9.17, 15) is 28.1 Å². The Kier molecular flexibility index (Phi) is 3.85. The number of benzene rings is 2. The molecule has 114 valence electrons. The quantitative estimate of drug-likeness (QED) is 0.686. The van der Waals surface area contributed by atoms with Gasteiger partial charge in [0.05, 0.1) is 16.1 Å². The normalized spacial score (nSPS) is 11.2. The zero-order chi connectivity index (χ0) is 16.5. The average molecular weight is 311 g/mol. The molecule has 0 spiro atoms. The van der Waals surface area contributed by atoms with Crippen molar-refractivity contribution in [3.63, 3.8) is 0 Å². The Bertz CT molecular complexity index is 739. The van der Waals surface area contributed by atoms with Gasteiger partial charge in [-0.15, -0.1) is 0 Å². The molecule has 0 saturated carbocycles. The lowest BCUT2D eigenvalue weighted by atomic mass is 9.98. The van der Waals surface area contributed by atoms with E-state index < -0.39 is 28.3 Å². The van der Waals surface area contributed by atoms with Crippen LogP contribution in [-0.2, 0) is 6.18 Å². The maximum atomic E-state index is 12.5. The molecule has 2 rings (SSSR count). The fraction of sp³-hybridized carbons (Fsp3) is 0.0714. The highest BCUT2D eigenvalue weighted by atomic mass is 19.4. The number of carbonyl (C=O) groups is 1. The first-order valence-corrected chi connectivity index (χ1v) is 5.89. The molecule has 0 saturated heterocycles. The number of carboxylic acids is 1. The zero-order valence-electron chi connectivity index (χ0n) is 10.8. The first-order valence-electron chi connectivity index (χ1n) is 5.89. The Balaban J connectivity index is 2.52. The molecule has 0 fully saturated rings. The maximum Gasteiger partial charge on any atom is 0.416 e. The first-order chi connectivity index (χ1) is 10.2. The first kappa shape index (κ1) is 15.5. The van der Waals surface area contributed by atoms with E-state index in [0.717, 1.165) is 36.4 Å². The molecule has 8 heteroatoms. The molecule has 5 nitrogen and oxygen atoms in total. The van der Waals surface area contributed by atoms with E-state index in [4.69, 9.17) is 5.11 Å². The summed E-state index contributed by atoms with van der Waals surface area (Å²) in [7, 11) is 0. The van der Waals surface area contributed by atoms with Crippen LogP contribution in [-0.4, -0.2) is 16.0 Å². The molecule has 0 bridgehead atoms. The number of aromatic carboxylic acids is 1. The van der Waals surface area contributed by atoms with Crippen molar-refractivity contribution in [3.8, 4) is 11.1 Å². The van der Waals surface area contributed by atoms with Crippen LogP contribution in [0.2, 0.25) is 0 Å². The number of rotatable bonds is 3. The van der Waals surface area contributed by atoms with Crippen LogP contribution < -0.4 is 0 Å². The predicted octanol–water partition coefficient (Wildman–Crippen LogP) is 3.98. The Morgan fingerprint density at radius 1 is 1.09 bits per heavy atom. The minimum Gasteiger partial charge on any atom is -0.478 e. The second kappa shape index (κ2) is 5.47. The number of nitrogens with zero attached hydrogens (tertiary/aromatic N) is 1. The number of carboxylic acid groups (broad SMARTS) is 1. The highest BCUT2D eigenvalue weighted by Crippen LogP contribution is 2.32. The van der Waals surface area contributed by atoms with E-state index in [1.165, 1.54) is 6.07 Å². The molecule has 2 aromatic carbocycles. The third-order valence-electron chi connectivity index (χ3n) is 2.97. The van der Waals surface area contributed by atoms with Crippen LogP contribution in [0.3, 0.4) is 0 Å². The minimum atomic E-state index is -4.50. The Morgan fingerprint density at radius 3 is 2.14 bits per heavy atom. The van der Waals surface area contributed by atoms with Crippen LogP contribution in [0.1, 0.15) is 15.9 Å². The van der Waals surface area contributed by atoms with Crippen LogP contribution in [0.25, 0.3) is 11.1 Å². The van der Waals surface area contributed by atoms with Gasteiger partial charge in [-0.2, -0.15) is 13.2 Å². The third kappa shape index (κ3) is 3.05. The number of alkyl halides is 3. The second-order valence-electron chi connectivity index (χ2n) is 4.37. The van der Waals surface area contributed by atoms with Gasteiger partial charge in [-0.25, -0.2) is 4.79 Å². The van der Waals surface area contributed by atoms with Crippen LogP contribution in [0.15, 0.2) is 42.5 Å². The molecule has 0 aliphatic rings. The summed E-state index contributed by atoms with van der Waals surface area (Å²) in [6.45, 7) is 0. The van der Waals surface area contributed by atoms with Gasteiger partial charge in [-0.1, -0.05) is 12.1 Å². The summed E-state index contributed by atoms with van der Waals surface area (Å²) in [4.78, 5) is 21.1. The van der Waals surface area contributed by atoms with Crippen LogP contribution in [0, 0.1) is 10.1 Å². The zero-order valence-corrected chi connectivity index (χ0v) is 10.8. The number of nitro groups is 1. The van der Waals surface area contributed by atoms with Crippen molar-refractivity contribution in [2.75, 3.05) is 0 Å². The van der Waals surface area contributed by atoms with Crippen molar-refractivity contribution in [2.24, 2.45) is 0 Å². The maximum absolute atomic E-state index is 12.5. The van der Waals surface area contributed by atoms with Crippen LogP contribution >= 0.6 is 0 Å². The van der Waals surface area contributed by atoms with Gasteiger partial charge in [0.25, 0.3) is 5.69 Å². The van der Waals surface area contributed by atoms with Gasteiger partial charge in [0.1, 0.15) is 0 Å². The summed E-state index contributed by atoms with van der Waals surface area (Å²) >= 11 is 0. The fourth-order valence-corrected chi connectivity index (χ4v) is 1.91. The molecule has 0 aliphatic carbocycles. The van der Waals surface area contributed by atoms with Gasteiger partial charge in [0.2, 0.25) is 0 Å². The SMILES string of the molecule is O=C(O)c1cc([N+](=O)[O-])ccc1-c1ccc(C(F)(F)F)cc1. The monoisotopic (exact) mass is 311 g/mol. The van der Waals surface area contributed by atoms with Crippen molar-refractivity contribution in [3.05, 3.63) is 63.7 Å². The lowest BCUT2D eigenvalue weighted by Crippen LogP contribution is -2.05. The highest BCUT2D eigenvalue weighted by molar-refractivity contribution is 5.96. The average Bonchev–Trinajstić information content (AvgIpc) is 2.45. The Morgan fingerprint density at radius 2 is 1.68 bits per heavy atom. The number of hydrogen-bond acceptors (Lipinski definition) is 3. The molecule has 0 radical (unpaired) electrons. The van der Waals surface area contributed by atoms with Gasteiger partial charge < -0.3 is 5.11 Å². The molecule has 0 atom stereocenters. The summed E-state index contributed by atoms with van der Waals surface area (Å²) in [6.07, 6.45) is -4.50. The van der Waals surface area contributed by atoms with Crippen molar-refractivity contribution >= 4 is 11.7 Å². The van der Waals surface area contributed by atoms with Crippen LogP contribution in [0.5, 0.6) is 0 Å². The van der Waals surface area contributed by atoms with E-state index in [1.54, 1.807) is 0 Å². The van der Waals surface area contributed by atoms with Crippen molar-refractivity contribution in [2.45, 2.75) is 6.18 Å². The molecule has 22 heavy (non-hydrogen) atoms. The molecule has 0 aliphatic heterocycles. The van der Waals surface area contributed by atoms with Gasteiger partial charge in [-0.05, 0) is 29.3 Å². The van der Waals surface area contributed by atoms with Crippen molar-refractivity contribution in [1.29, 1.82) is 0 Å². The van der Waals surface area contributed by atoms with E-state index in [-0.39, 0.29) is 16.7 Å². The molecule has 0 unspecified atom stereocenters. The van der Waals surface area contributed by atoms with E-state index >= 15 is 0 Å². The third-order valence-corrected chi connectivity index (χ3v) is 2.97. The predicted molar refractivity (Wildman–Crippen MR) is 70.5 cm³/mol. The standard InChI is InChI=1S/C14H8F3NO4/c15-14(16,17)9-3-1-8(2-4-9)11-6-5-10(18(21)22)7-12(11)13(19)20/h1-7H,(H,19,20). The molecule has 0 heterocycles. The van der Waals surface area contributed by atoms with Crippen molar-refractivity contribution < 1.29 is 28.0 Å². The minimum absolute atomic E-state index is 0.104. The summed E-state index contributed by atoms with van der Waals surface area (Å²) in [5, 5.41) is 19.8. The lowest BCUT2D eigenvalue weighted by molar-refractivity contribution is -0.384. The summed E-state index contributed by atoms with van der Waals surface area (Å²) in [5.74, 6) is -1.40. The van der Waals surface area contributed by atoms with Gasteiger partial charge in [0, 0.05) is 12.1 Å². The van der Waals surface area contributed by atoms with E-state index in [0.29, 0.717) is 0 Å². The topological polar surface area (TPSA) is 80.4 Å². The van der Waals surface area contributed by atoms with Crippen molar-refractivity contribution in [1.82, 2.24) is 0 Å². The second-order valence-corrected chi connectivity index (χ2v) is 4.37. The number of nitro benzene ring substituents is 1. The molecule has 0 aromatic heterocycles. The number of non-ortho nitro benzene ring substituents is 1. The molecular formula is C14H8F3NO4. The molecule has 1 N–H and O–H groups in total. The number of halogens is 3. The molecule has 0 amide bonds. The Hall–Kier alpha value is -2.90. The summed E-state index contributed by atoms with van der Waals surface area (Å²) < 4.78 is 37.5. The Labute approximate surface area is 121 Å². The van der Waals surface area contributed by atoms with Crippen LogP contribution in [0.4, 0.5) is 18.9 Å².